The van der Waals surface area contributed by atoms with E-state index in [2.05, 4.69) is 12.2 Å². The summed E-state index contributed by atoms with van der Waals surface area (Å²) in [4.78, 5) is 11.6. The Morgan fingerprint density at radius 1 is 1.39 bits per heavy atom. The van der Waals surface area contributed by atoms with Crippen molar-refractivity contribution in [3.63, 3.8) is 0 Å². The van der Waals surface area contributed by atoms with Crippen molar-refractivity contribution >= 4 is 27.9 Å². The summed E-state index contributed by atoms with van der Waals surface area (Å²) in [6.45, 7) is 2.32. The summed E-state index contributed by atoms with van der Waals surface area (Å²) >= 11 is 1.36. The molecule has 1 aromatic heterocycles. The number of carbonyl (C=O) groups excluding carboxylic acids is 1. The highest BCUT2D eigenvalue weighted by Crippen LogP contribution is 2.31. The molecule has 1 heterocycles. The second-order valence-electron chi connectivity index (χ2n) is 5.21. The third-order valence-corrected chi connectivity index (χ3v) is 4.69. The highest BCUT2D eigenvalue weighted by molar-refractivity contribution is 7.18. The van der Waals surface area contributed by atoms with Gasteiger partial charge in [0, 0.05) is 6.04 Å². The van der Waals surface area contributed by atoms with E-state index in [4.69, 9.17) is 11.5 Å². The fourth-order valence-corrected chi connectivity index (χ4v) is 3.41. The Balaban J connectivity index is 2.00. The number of anilines is 2. The van der Waals surface area contributed by atoms with Crippen LogP contribution in [-0.2, 0) is 0 Å². The number of carbonyl (C=O) groups is 1. The molecule has 0 aromatic carbocycles. The van der Waals surface area contributed by atoms with Crippen LogP contribution in [0.2, 0.25) is 0 Å². The van der Waals surface area contributed by atoms with E-state index in [1.165, 1.54) is 43.4 Å². The van der Waals surface area contributed by atoms with E-state index in [1.54, 1.807) is 0 Å². The largest absolute Gasteiger partial charge is 0.397 e. The van der Waals surface area contributed by atoms with E-state index in [-0.39, 0.29) is 0 Å². The van der Waals surface area contributed by atoms with Crippen molar-refractivity contribution in [2.24, 2.45) is 11.7 Å². The number of nitrogen functional groups attached to an aromatic ring is 1. The Labute approximate surface area is 112 Å². The second kappa shape index (κ2) is 5.61. The van der Waals surface area contributed by atoms with E-state index < -0.39 is 5.91 Å². The molecular formula is C13H21N3OS. The van der Waals surface area contributed by atoms with E-state index in [0.29, 0.717) is 16.6 Å². The smallest absolute Gasteiger partial charge is 0.260 e. The minimum atomic E-state index is -0.444. The topological polar surface area (TPSA) is 81.1 Å². The molecular weight excluding hydrogens is 246 g/mol. The van der Waals surface area contributed by atoms with Crippen LogP contribution in [0, 0.1) is 5.92 Å². The van der Waals surface area contributed by atoms with Gasteiger partial charge in [-0.25, -0.2) is 0 Å². The standard InChI is InChI=1S/C13H21N3OS/c1-8-3-2-4-9(6-5-8)16-11-7-10(14)12(18-11)13(15)17/h7-9,16H,2-6,14H2,1H3,(H2,15,17). The molecule has 18 heavy (non-hydrogen) atoms. The average molecular weight is 267 g/mol. The predicted octanol–water partition coefficient (Wildman–Crippen LogP) is 2.81. The number of nitrogens with two attached hydrogens (primary N) is 2. The van der Waals surface area contributed by atoms with Gasteiger partial charge in [0.2, 0.25) is 0 Å². The van der Waals surface area contributed by atoms with Crippen molar-refractivity contribution in [3.8, 4) is 0 Å². The van der Waals surface area contributed by atoms with E-state index in [0.717, 1.165) is 10.9 Å². The van der Waals surface area contributed by atoms with Gasteiger partial charge in [-0.3, -0.25) is 4.79 Å². The lowest BCUT2D eigenvalue weighted by molar-refractivity contribution is 0.100. The van der Waals surface area contributed by atoms with Crippen LogP contribution in [0.3, 0.4) is 0 Å². The Hall–Kier alpha value is -1.23. The number of hydrogen-bond acceptors (Lipinski definition) is 4. The van der Waals surface area contributed by atoms with E-state index in [9.17, 15) is 4.79 Å². The molecule has 1 aromatic rings. The zero-order valence-electron chi connectivity index (χ0n) is 10.7. The molecule has 5 N–H and O–H groups in total. The van der Waals surface area contributed by atoms with Crippen LogP contribution in [0.4, 0.5) is 10.7 Å². The Morgan fingerprint density at radius 3 is 2.83 bits per heavy atom. The molecule has 0 radical (unpaired) electrons. The quantitative estimate of drug-likeness (QED) is 0.737. The van der Waals surface area contributed by atoms with Crippen LogP contribution in [0.5, 0.6) is 0 Å². The molecule has 0 spiro atoms. The zero-order chi connectivity index (χ0) is 13.1. The SMILES string of the molecule is CC1CCCC(Nc2cc(N)c(C(N)=O)s2)CC1. The van der Waals surface area contributed by atoms with E-state index >= 15 is 0 Å². The highest BCUT2D eigenvalue weighted by atomic mass is 32.1. The van der Waals surface area contributed by atoms with Gasteiger partial charge < -0.3 is 16.8 Å². The lowest BCUT2D eigenvalue weighted by Gasteiger charge is -2.16. The Bertz CT molecular complexity index is 430. The van der Waals surface area contributed by atoms with Gasteiger partial charge >= 0.3 is 0 Å². The third-order valence-electron chi connectivity index (χ3n) is 3.59. The monoisotopic (exact) mass is 267 g/mol. The molecule has 2 unspecified atom stereocenters. The molecule has 100 valence electrons. The third kappa shape index (κ3) is 3.16. The molecule has 2 atom stereocenters. The van der Waals surface area contributed by atoms with Crippen LogP contribution in [0.25, 0.3) is 0 Å². The summed E-state index contributed by atoms with van der Waals surface area (Å²) in [7, 11) is 0. The van der Waals surface area contributed by atoms with Gasteiger partial charge in [-0.2, -0.15) is 0 Å². The Morgan fingerprint density at radius 2 is 2.17 bits per heavy atom. The van der Waals surface area contributed by atoms with E-state index in [1.807, 2.05) is 6.07 Å². The van der Waals surface area contributed by atoms with Gasteiger partial charge in [-0.05, 0) is 31.2 Å². The molecule has 4 nitrogen and oxygen atoms in total. The first-order valence-corrected chi connectivity index (χ1v) is 7.33. The molecule has 0 aliphatic heterocycles. The van der Waals surface area contributed by atoms with Gasteiger partial charge in [0.1, 0.15) is 4.88 Å². The van der Waals surface area contributed by atoms with Gasteiger partial charge in [-0.1, -0.05) is 19.8 Å². The number of hydrogen-bond donors (Lipinski definition) is 3. The summed E-state index contributed by atoms with van der Waals surface area (Å²) in [6, 6.07) is 2.31. The maximum atomic E-state index is 11.2. The highest BCUT2D eigenvalue weighted by Gasteiger charge is 2.18. The summed E-state index contributed by atoms with van der Waals surface area (Å²) in [5, 5.41) is 4.45. The number of primary amides is 1. The fraction of sp³-hybridized carbons (Fsp3) is 0.615. The molecule has 5 heteroatoms. The zero-order valence-corrected chi connectivity index (χ0v) is 11.6. The summed E-state index contributed by atoms with van der Waals surface area (Å²) < 4.78 is 0. The number of thiophene rings is 1. The first kappa shape index (κ1) is 13.2. The maximum Gasteiger partial charge on any atom is 0.260 e. The van der Waals surface area contributed by atoms with Crippen molar-refractivity contribution in [1.82, 2.24) is 0 Å². The molecule has 1 fully saturated rings. The van der Waals surface area contributed by atoms with Gasteiger partial charge in [-0.15, -0.1) is 11.3 Å². The lowest BCUT2D eigenvalue weighted by Crippen LogP contribution is -2.17. The van der Waals surface area contributed by atoms with Gasteiger partial charge in [0.25, 0.3) is 5.91 Å². The fourth-order valence-electron chi connectivity index (χ4n) is 2.50. The summed E-state index contributed by atoms with van der Waals surface area (Å²) in [5.74, 6) is 0.381. The lowest BCUT2D eigenvalue weighted by atomic mass is 10.0. The summed E-state index contributed by atoms with van der Waals surface area (Å²) in [6.07, 6.45) is 6.22. The van der Waals surface area contributed by atoms with Crippen molar-refractivity contribution in [2.45, 2.75) is 45.1 Å². The van der Waals surface area contributed by atoms with Crippen LogP contribution >= 0.6 is 11.3 Å². The normalized spacial score (nSPS) is 24.5. The molecule has 0 bridgehead atoms. The van der Waals surface area contributed by atoms with Gasteiger partial charge in [0.15, 0.2) is 0 Å². The first-order valence-electron chi connectivity index (χ1n) is 6.52. The van der Waals surface area contributed by atoms with Crippen LogP contribution in [-0.4, -0.2) is 11.9 Å². The van der Waals surface area contributed by atoms with Crippen LogP contribution < -0.4 is 16.8 Å². The second-order valence-corrected chi connectivity index (χ2v) is 6.27. The minimum Gasteiger partial charge on any atom is -0.397 e. The molecule has 1 saturated carbocycles. The Kier molecular flexibility index (Phi) is 4.11. The number of rotatable bonds is 3. The number of nitrogens with one attached hydrogen (secondary N) is 1. The van der Waals surface area contributed by atoms with Crippen molar-refractivity contribution in [3.05, 3.63) is 10.9 Å². The summed E-state index contributed by atoms with van der Waals surface area (Å²) in [5.41, 5.74) is 11.5. The van der Waals surface area contributed by atoms with Gasteiger partial charge in [0.05, 0.1) is 10.7 Å². The molecule has 1 aliphatic rings. The van der Waals surface area contributed by atoms with Crippen LogP contribution in [0.1, 0.15) is 48.7 Å². The minimum absolute atomic E-state index is 0.444. The maximum absolute atomic E-state index is 11.2. The number of amides is 1. The average Bonchev–Trinajstić information content (AvgIpc) is 2.54. The van der Waals surface area contributed by atoms with Crippen molar-refractivity contribution in [1.29, 1.82) is 0 Å². The molecule has 2 rings (SSSR count). The first-order chi connectivity index (χ1) is 8.56. The molecule has 0 saturated heterocycles. The van der Waals surface area contributed by atoms with Crippen LogP contribution in [0.15, 0.2) is 6.07 Å². The molecule has 1 aliphatic carbocycles. The predicted molar refractivity (Wildman–Crippen MR) is 76.9 cm³/mol. The molecule has 1 amide bonds. The van der Waals surface area contributed by atoms with Crippen molar-refractivity contribution < 1.29 is 4.79 Å². The van der Waals surface area contributed by atoms with Crippen molar-refractivity contribution in [2.75, 3.05) is 11.1 Å².